The third-order valence-electron chi connectivity index (χ3n) is 3.96. The van der Waals surface area contributed by atoms with Crippen LogP contribution in [-0.2, 0) is 20.1 Å². The lowest BCUT2D eigenvalue weighted by atomic mass is 10.1. The van der Waals surface area contributed by atoms with Crippen LogP contribution in [-0.4, -0.2) is 15.8 Å². The number of aryl methyl sites for hydroxylation is 1. The average Bonchev–Trinajstić information content (AvgIpc) is 2.98. The van der Waals surface area contributed by atoms with E-state index in [0.29, 0.717) is 18.8 Å². The van der Waals surface area contributed by atoms with Crippen LogP contribution in [0.2, 0.25) is 0 Å². The highest BCUT2D eigenvalue weighted by atomic mass is 79.9. The van der Waals surface area contributed by atoms with E-state index in [1.165, 1.54) is 0 Å². The normalized spacial score (nSPS) is 10.6. The number of hydrogen-bond acceptors (Lipinski definition) is 3. The largest absolute Gasteiger partial charge is 0.334 e. The van der Waals surface area contributed by atoms with Crippen molar-refractivity contribution < 1.29 is 4.79 Å². The molecule has 1 aromatic heterocycles. The number of nitrogens with two attached hydrogens (primary N) is 1. The van der Waals surface area contributed by atoms with Crippen molar-refractivity contribution in [2.45, 2.75) is 13.1 Å². The number of carbonyl (C=O) groups is 1. The van der Waals surface area contributed by atoms with Crippen LogP contribution in [0.25, 0.3) is 11.3 Å². The lowest BCUT2D eigenvalue weighted by Gasteiger charge is -2.11. The maximum Gasteiger partial charge on any atom is 0.319 e. The summed E-state index contributed by atoms with van der Waals surface area (Å²) in [5.41, 5.74) is 10.2. The zero-order valence-corrected chi connectivity index (χ0v) is 16.0. The summed E-state index contributed by atoms with van der Waals surface area (Å²) in [5.74, 6) is 0. The van der Waals surface area contributed by atoms with Gasteiger partial charge in [-0.15, -0.1) is 0 Å². The van der Waals surface area contributed by atoms with Crippen molar-refractivity contribution >= 4 is 27.6 Å². The number of nitrogens with zero attached hydrogens (tertiary/aromatic N) is 2. The quantitative estimate of drug-likeness (QED) is 0.596. The Labute approximate surface area is 160 Å². The lowest BCUT2D eigenvalue weighted by Crippen LogP contribution is -2.28. The van der Waals surface area contributed by atoms with Gasteiger partial charge in [-0.25, -0.2) is 4.79 Å². The van der Waals surface area contributed by atoms with E-state index >= 15 is 0 Å². The second-order valence-corrected chi connectivity index (χ2v) is 6.71. The summed E-state index contributed by atoms with van der Waals surface area (Å²) in [7, 11) is 1.86. The van der Waals surface area contributed by atoms with Gasteiger partial charge in [-0.2, -0.15) is 5.10 Å². The third kappa shape index (κ3) is 4.30. The average molecular weight is 414 g/mol. The third-order valence-corrected chi connectivity index (χ3v) is 4.54. The van der Waals surface area contributed by atoms with Crippen LogP contribution in [0.3, 0.4) is 0 Å². The molecule has 0 fully saturated rings. The van der Waals surface area contributed by atoms with Gasteiger partial charge in [0.1, 0.15) is 5.69 Å². The van der Waals surface area contributed by atoms with Crippen molar-refractivity contribution in [3.63, 3.8) is 0 Å². The monoisotopic (exact) mass is 413 g/mol. The first-order valence-electron chi connectivity index (χ1n) is 8.18. The zero-order chi connectivity index (χ0) is 18.5. The Hall–Kier alpha value is -2.64. The molecule has 3 aromatic rings. The van der Waals surface area contributed by atoms with E-state index in [0.717, 1.165) is 26.9 Å². The number of urea groups is 1. The molecule has 0 spiro atoms. The van der Waals surface area contributed by atoms with E-state index in [2.05, 4.69) is 31.7 Å². The second kappa shape index (κ2) is 8.16. The Kier molecular flexibility index (Phi) is 5.70. The summed E-state index contributed by atoms with van der Waals surface area (Å²) in [6.07, 6.45) is 1.89. The maximum atomic E-state index is 12.2. The SMILES string of the molecule is Cn1cc(Br)c(-c2cccc(NC(=O)NCc3ccccc3CN)c2)n1. The lowest BCUT2D eigenvalue weighted by molar-refractivity contribution is 0.251. The summed E-state index contributed by atoms with van der Waals surface area (Å²) in [6, 6.07) is 15.1. The smallest absolute Gasteiger partial charge is 0.319 e. The minimum absolute atomic E-state index is 0.269. The molecule has 0 saturated heterocycles. The molecule has 134 valence electrons. The van der Waals surface area contributed by atoms with E-state index in [-0.39, 0.29) is 6.03 Å². The van der Waals surface area contributed by atoms with Crippen LogP contribution in [0.5, 0.6) is 0 Å². The first kappa shape index (κ1) is 18.2. The standard InChI is InChI=1S/C19H20BrN5O/c1-25-12-17(20)18(24-25)13-7-4-8-16(9-13)23-19(26)22-11-15-6-3-2-5-14(15)10-21/h2-9,12H,10-11,21H2,1H3,(H2,22,23,26). The molecule has 1 heterocycles. The molecule has 0 aliphatic rings. The Morgan fingerprint density at radius 3 is 2.65 bits per heavy atom. The zero-order valence-electron chi connectivity index (χ0n) is 14.4. The first-order valence-corrected chi connectivity index (χ1v) is 8.97. The second-order valence-electron chi connectivity index (χ2n) is 5.86. The van der Waals surface area contributed by atoms with E-state index in [4.69, 9.17) is 5.73 Å². The highest BCUT2D eigenvalue weighted by Gasteiger charge is 2.09. The first-order chi connectivity index (χ1) is 12.6. The highest BCUT2D eigenvalue weighted by molar-refractivity contribution is 9.10. The van der Waals surface area contributed by atoms with Crippen molar-refractivity contribution in [3.05, 3.63) is 70.3 Å². The number of hydrogen-bond donors (Lipinski definition) is 3. The molecule has 0 radical (unpaired) electrons. The van der Waals surface area contributed by atoms with Crippen molar-refractivity contribution in [1.82, 2.24) is 15.1 Å². The van der Waals surface area contributed by atoms with E-state index in [1.54, 1.807) is 4.68 Å². The van der Waals surface area contributed by atoms with Crippen molar-refractivity contribution in [3.8, 4) is 11.3 Å². The Morgan fingerprint density at radius 2 is 1.96 bits per heavy atom. The Morgan fingerprint density at radius 1 is 1.19 bits per heavy atom. The van der Waals surface area contributed by atoms with Gasteiger partial charge in [-0.05, 0) is 39.2 Å². The van der Waals surface area contributed by atoms with Crippen molar-refractivity contribution in [2.24, 2.45) is 12.8 Å². The summed E-state index contributed by atoms with van der Waals surface area (Å²) < 4.78 is 2.64. The molecule has 0 saturated carbocycles. The molecule has 0 atom stereocenters. The molecule has 2 aromatic carbocycles. The molecule has 2 amide bonds. The van der Waals surface area contributed by atoms with Gasteiger partial charge < -0.3 is 16.4 Å². The molecule has 0 unspecified atom stereocenters. The fraction of sp³-hybridized carbons (Fsp3) is 0.158. The predicted molar refractivity (Wildman–Crippen MR) is 107 cm³/mol. The maximum absolute atomic E-state index is 12.2. The molecule has 7 heteroatoms. The number of halogens is 1. The Balaban J connectivity index is 1.66. The number of aromatic nitrogens is 2. The van der Waals surface area contributed by atoms with Crippen LogP contribution in [0.4, 0.5) is 10.5 Å². The number of rotatable bonds is 5. The van der Waals surface area contributed by atoms with Gasteiger partial charge in [-0.3, -0.25) is 4.68 Å². The van der Waals surface area contributed by atoms with Crippen LogP contribution >= 0.6 is 15.9 Å². The molecule has 4 N–H and O–H groups in total. The van der Waals surface area contributed by atoms with Crippen LogP contribution in [0.15, 0.2) is 59.2 Å². The highest BCUT2D eigenvalue weighted by Crippen LogP contribution is 2.28. The summed E-state index contributed by atoms with van der Waals surface area (Å²) in [5, 5.41) is 10.1. The fourth-order valence-electron chi connectivity index (χ4n) is 2.68. The summed E-state index contributed by atoms with van der Waals surface area (Å²) >= 11 is 3.50. The molecule has 6 nitrogen and oxygen atoms in total. The van der Waals surface area contributed by atoms with Gasteiger partial charge in [0.05, 0.1) is 4.47 Å². The van der Waals surface area contributed by atoms with Crippen LogP contribution < -0.4 is 16.4 Å². The van der Waals surface area contributed by atoms with Gasteiger partial charge >= 0.3 is 6.03 Å². The van der Waals surface area contributed by atoms with E-state index < -0.39 is 0 Å². The van der Waals surface area contributed by atoms with Crippen molar-refractivity contribution in [1.29, 1.82) is 0 Å². The molecular weight excluding hydrogens is 394 g/mol. The molecule has 0 bridgehead atoms. The van der Waals surface area contributed by atoms with Gasteiger partial charge in [0.2, 0.25) is 0 Å². The van der Waals surface area contributed by atoms with Crippen LogP contribution in [0, 0.1) is 0 Å². The molecular formula is C19H20BrN5O. The van der Waals surface area contributed by atoms with E-state index in [1.807, 2.05) is 61.8 Å². The van der Waals surface area contributed by atoms with Gasteiger partial charge in [0, 0.05) is 37.6 Å². The summed E-state index contributed by atoms with van der Waals surface area (Å²) in [6.45, 7) is 0.866. The predicted octanol–water partition coefficient (Wildman–Crippen LogP) is 3.63. The number of amides is 2. The van der Waals surface area contributed by atoms with E-state index in [9.17, 15) is 4.79 Å². The minimum atomic E-state index is -0.269. The van der Waals surface area contributed by atoms with Gasteiger partial charge in [0.15, 0.2) is 0 Å². The number of carbonyl (C=O) groups excluding carboxylic acids is 1. The molecule has 26 heavy (non-hydrogen) atoms. The number of nitrogens with one attached hydrogen (secondary N) is 2. The molecule has 3 rings (SSSR count). The van der Waals surface area contributed by atoms with Crippen molar-refractivity contribution in [2.75, 3.05) is 5.32 Å². The number of anilines is 1. The Bertz CT molecular complexity index is 922. The molecule has 0 aliphatic carbocycles. The summed E-state index contributed by atoms with van der Waals surface area (Å²) in [4.78, 5) is 12.2. The van der Waals surface area contributed by atoms with Gasteiger partial charge in [-0.1, -0.05) is 36.4 Å². The topological polar surface area (TPSA) is 85.0 Å². The fourth-order valence-corrected chi connectivity index (χ4v) is 3.28. The van der Waals surface area contributed by atoms with Gasteiger partial charge in [0.25, 0.3) is 0 Å². The minimum Gasteiger partial charge on any atom is -0.334 e. The van der Waals surface area contributed by atoms with Crippen LogP contribution in [0.1, 0.15) is 11.1 Å². The molecule has 0 aliphatic heterocycles. The number of benzene rings is 2.